The van der Waals surface area contributed by atoms with E-state index in [4.69, 9.17) is 4.74 Å². The van der Waals surface area contributed by atoms with Crippen molar-refractivity contribution in [1.82, 2.24) is 0 Å². The van der Waals surface area contributed by atoms with Gasteiger partial charge in [0.15, 0.2) is 5.76 Å². The lowest BCUT2D eigenvalue weighted by molar-refractivity contribution is -0.914. The Labute approximate surface area is 168 Å². The largest absolute Gasteiger partial charge is 0.872 e. The van der Waals surface area contributed by atoms with Gasteiger partial charge in [-0.15, -0.1) is 0 Å². The summed E-state index contributed by atoms with van der Waals surface area (Å²) >= 11 is 3.49. The van der Waals surface area contributed by atoms with Crippen LogP contribution in [0.1, 0.15) is 48.2 Å². The number of hydrogen-bond acceptors (Lipinski definition) is 3. The molecule has 0 radical (unpaired) electrons. The van der Waals surface area contributed by atoms with Gasteiger partial charge in [0.05, 0.1) is 18.7 Å². The van der Waals surface area contributed by atoms with Crippen LogP contribution in [0.15, 0.2) is 46.6 Å². The van der Waals surface area contributed by atoms with E-state index >= 15 is 0 Å². The molecular formula is C22H24BrNO3. The molecule has 1 aliphatic heterocycles. The van der Waals surface area contributed by atoms with E-state index in [0.717, 1.165) is 36.0 Å². The molecule has 1 N–H and O–H groups in total. The minimum Gasteiger partial charge on any atom is -0.872 e. The molecule has 0 bridgehead atoms. The van der Waals surface area contributed by atoms with Crippen LogP contribution >= 0.6 is 15.9 Å². The van der Waals surface area contributed by atoms with Gasteiger partial charge in [-0.1, -0.05) is 59.8 Å². The maximum Gasteiger partial charge on any atom is 0.231 e. The van der Waals surface area contributed by atoms with E-state index in [0.29, 0.717) is 23.4 Å². The van der Waals surface area contributed by atoms with Gasteiger partial charge in [0.25, 0.3) is 0 Å². The van der Waals surface area contributed by atoms with Crippen LogP contribution in [0.2, 0.25) is 0 Å². The van der Waals surface area contributed by atoms with Crippen LogP contribution in [0.5, 0.6) is 11.5 Å². The molecular weight excluding hydrogens is 406 g/mol. The first-order valence-corrected chi connectivity index (χ1v) is 10.2. The molecule has 0 spiro atoms. The third kappa shape index (κ3) is 4.25. The molecule has 0 aromatic heterocycles. The van der Waals surface area contributed by atoms with Crippen molar-refractivity contribution in [3.8, 4) is 11.5 Å². The molecule has 0 saturated carbocycles. The molecule has 142 valence electrons. The molecule has 5 heteroatoms. The fourth-order valence-electron chi connectivity index (χ4n) is 3.45. The topological polar surface area (TPSA) is 53.8 Å². The number of fused-ring (bicyclic) bond motifs is 1. The number of hydrogen-bond donors (Lipinski definition) is 1. The lowest BCUT2D eigenvalue weighted by Crippen LogP contribution is -3.10. The van der Waals surface area contributed by atoms with E-state index in [1.165, 1.54) is 11.0 Å². The highest BCUT2D eigenvalue weighted by Crippen LogP contribution is 2.38. The zero-order valence-corrected chi connectivity index (χ0v) is 17.3. The Kier molecular flexibility index (Phi) is 6.34. The summed E-state index contributed by atoms with van der Waals surface area (Å²) in [6, 6.07) is 10.7. The number of ketones is 1. The maximum atomic E-state index is 12.8. The summed E-state index contributed by atoms with van der Waals surface area (Å²) in [6.07, 6.45) is 3.82. The molecule has 2 aromatic carbocycles. The van der Waals surface area contributed by atoms with Gasteiger partial charge in [-0.25, -0.2) is 0 Å². The smallest absolute Gasteiger partial charge is 0.231 e. The first kappa shape index (κ1) is 19.6. The molecule has 4 nitrogen and oxygen atoms in total. The number of halogens is 1. The molecule has 0 aliphatic carbocycles. The minimum atomic E-state index is -0.172. The quantitative estimate of drug-likeness (QED) is 0.686. The summed E-state index contributed by atoms with van der Waals surface area (Å²) in [6.45, 7) is 6.85. The van der Waals surface area contributed by atoms with Crippen molar-refractivity contribution in [2.75, 3.05) is 13.1 Å². The zero-order chi connectivity index (χ0) is 19.4. The van der Waals surface area contributed by atoms with Crippen molar-refractivity contribution in [3.05, 3.63) is 63.3 Å². The van der Waals surface area contributed by atoms with Gasteiger partial charge in [0.2, 0.25) is 5.78 Å². The van der Waals surface area contributed by atoms with Crippen LogP contribution in [0, 0.1) is 0 Å². The highest BCUT2D eigenvalue weighted by atomic mass is 79.9. The fourth-order valence-corrected chi connectivity index (χ4v) is 3.85. The Bertz CT molecular complexity index is 870. The van der Waals surface area contributed by atoms with Crippen LogP contribution in [0.3, 0.4) is 0 Å². The highest BCUT2D eigenvalue weighted by Gasteiger charge is 2.31. The van der Waals surface area contributed by atoms with Crippen LogP contribution < -0.4 is 14.7 Å². The van der Waals surface area contributed by atoms with Gasteiger partial charge >= 0.3 is 0 Å². The average Bonchev–Trinajstić information content (AvgIpc) is 2.96. The number of benzene rings is 2. The Balaban J connectivity index is 1.95. The summed E-state index contributed by atoms with van der Waals surface area (Å²) in [4.78, 5) is 14.1. The fraction of sp³-hybridized carbons (Fsp3) is 0.318. The van der Waals surface area contributed by atoms with Gasteiger partial charge in [0.1, 0.15) is 12.3 Å². The lowest BCUT2D eigenvalue weighted by Gasteiger charge is -2.23. The molecule has 0 amide bonds. The SMILES string of the molecule is CCC[NH+](CCC)Cc1c([O-])ccc2c1OC(=Cc1ccccc1Br)C2=O. The lowest BCUT2D eigenvalue weighted by atomic mass is 10.0. The Morgan fingerprint density at radius 3 is 2.48 bits per heavy atom. The van der Waals surface area contributed by atoms with Crippen molar-refractivity contribution in [1.29, 1.82) is 0 Å². The Morgan fingerprint density at radius 1 is 1.11 bits per heavy atom. The molecule has 0 fully saturated rings. The molecule has 1 aliphatic rings. The van der Waals surface area contributed by atoms with Gasteiger partial charge in [-0.05, 0) is 36.6 Å². The first-order chi connectivity index (χ1) is 13.0. The van der Waals surface area contributed by atoms with Crippen molar-refractivity contribution >= 4 is 27.8 Å². The van der Waals surface area contributed by atoms with Crippen LogP contribution in [0.25, 0.3) is 6.08 Å². The van der Waals surface area contributed by atoms with Gasteiger partial charge in [-0.3, -0.25) is 4.79 Å². The van der Waals surface area contributed by atoms with Crippen LogP contribution in [0.4, 0.5) is 0 Å². The van der Waals surface area contributed by atoms with E-state index in [9.17, 15) is 9.90 Å². The Morgan fingerprint density at radius 2 is 1.81 bits per heavy atom. The highest BCUT2D eigenvalue weighted by molar-refractivity contribution is 9.10. The summed E-state index contributed by atoms with van der Waals surface area (Å²) in [5.41, 5.74) is 1.95. The van der Waals surface area contributed by atoms with Crippen molar-refractivity contribution in [2.45, 2.75) is 33.2 Å². The van der Waals surface area contributed by atoms with Crippen LogP contribution in [-0.4, -0.2) is 18.9 Å². The van der Waals surface area contributed by atoms with Crippen molar-refractivity contribution in [3.63, 3.8) is 0 Å². The normalized spacial score (nSPS) is 14.7. The number of rotatable bonds is 7. The van der Waals surface area contributed by atoms with Gasteiger partial charge in [-0.2, -0.15) is 0 Å². The van der Waals surface area contributed by atoms with E-state index in [-0.39, 0.29) is 17.3 Å². The number of quaternary nitrogens is 1. The van der Waals surface area contributed by atoms with Gasteiger partial charge < -0.3 is 14.7 Å². The predicted molar refractivity (Wildman–Crippen MR) is 108 cm³/mol. The van der Waals surface area contributed by atoms with Crippen molar-refractivity contribution < 1.29 is 19.5 Å². The molecule has 2 aromatic rings. The van der Waals surface area contributed by atoms with E-state index in [2.05, 4.69) is 29.8 Å². The second-order valence-electron chi connectivity index (χ2n) is 6.81. The summed E-state index contributed by atoms with van der Waals surface area (Å²) in [7, 11) is 0. The van der Waals surface area contributed by atoms with Gasteiger partial charge in [0, 0.05) is 10.0 Å². The first-order valence-electron chi connectivity index (χ1n) is 9.40. The van der Waals surface area contributed by atoms with Crippen LogP contribution in [-0.2, 0) is 6.54 Å². The van der Waals surface area contributed by atoms with Crippen molar-refractivity contribution in [2.24, 2.45) is 0 Å². The molecule has 3 rings (SSSR count). The molecule has 0 atom stereocenters. The monoisotopic (exact) mass is 429 g/mol. The second-order valence-corrected chi connectivity index (χ2v) is 7.66. The number of allylic oxidation sites excluding steroid dienone is 1. The standard InChI is InChI=1S/C22H24BrNO3/c1-3-11-24(12-4-2)14-17-19(25)10-9-16-21(26)20(27-22(16)17)13-15-7-5-6-8-18(15)23/h5-10,13,25H,3-4,11-12,14H2,1-2H3. The third-order valence-electron chi connectivity index (χ3n) is 4.72. The summed E-state index contributed by atoms with van der Waals surface area (Å²) < 4.78 is 6.81. The number of Topliss-reactive ketones (excluding diaryl/α,β-unsaturated/α-hetero) is 1. The molecule has 1 heterocycles. The molecule has 0 saturated heterocycles. The number of nitrogens with one attached hydrogen (secondary N) is 1. The molecule has 27 heavy (non-hydrogen) atoms. The zero-order valence-electron chi connectivity index (χ0n) is 15.7. The van der Waals surface area contributed by atoms with E-state index in [1.807, 2.05) is 24.3 Å². The number of carbonyl (C=O) groups is 1. The average molecular weight is 430 g/mol. The van der Waals surface area contributed by atoms with E-state index < -0.39 is 0 Å². The number of ether oxygens (including phenoxy) is 1. The summed E-state index contributed by atoms with van der Waals surface area (Å²) in [5, 5.41) is 12.5. The molecule has 0 unspecified atom stereocenters. The van der Waals surface area contributed by atoms with E-state index in [1.54, 1.807) is 12.1 Å². The minimum absolute atomic E-state index is 0.0617. The predicted octanol–water partition coefficient (Wildman–Crippen LogP) is 3.34. The summed E-state index contributed by atoms with van der Waals surface area (Å²) in [5.74, 6) is 0.467. The Hall–Kier alpha value is -2.11. The number of carbonyl (C=O) groups excluding carboxylic acids is 1. The second kappa shape index (κ2) is 8.72. The third-order valence-corrected chi connectivity index (χ3v) is 5.45. The maximum absolute atomic E-state index is 12.8.